The average Bonchev–Trinajstić information content (AvgIpc) is 2.45. The number of carbonyl (C=O) groups excluding carboxylic acids is 1. The quantitative estimate of drug-likeness (QED) is 0.893. The van der Waals surface area contributed by atoms with E-state index in [-0.39, 0.29) is 18.1 Å². The average molecular weight is 297 g/mol. The van der Waals surface area contributed by atoms with Gasteiger partial charge in [0.25, 0.3) is 0 Å². The van der Waals surface area contributed by atoms with Gasteiger partial charge in [-0.3, -0.25) is 9.69 Å². The Morgan fingerprint density at radius 2 is 2.14 bits per heavy atom. The smallest absolute Gasteiger partial charge is 0.238 e. The van der Waals surface area contributed by atoms with E-state index in [4.69, 9.17) is 5.73 Å². The molecule has 6 heteroatoms. The molecule has 0 aromatic heterocycles. The molecule has 1 aliphatic rings. The van der Waals surface area contributed by atoms with Gasteiger partial charge in [0, 0.05) is 24.3 Å². The minimum absolute atomic E-state index is 0.231. The Bertz CT molecular complexity index is 510. The molecule has 4 nitrogen and oxygen atoms in total. The summed E-state index contributed by atoms with van der Waals surface area (Å²) in [6, 6.07) is 3.65. The van der Waals surface area contributed by atoms with Crippen LogP contribution in [0.25, 0.3) is 0 Å². The topological polar surface area (TPSA) is 58.4 Å². The molecule has 3 N–H and O–H groups in total. The molecule has 1 aromatic carbocycles. The Labute approximate surface area is 123 Å². The normalized spacial score (nSPS) is 23.0. The van der Waals surface area contributed by atoms with Gasteiger partial charge in [-0.2, -0.15) is 0 Å². The van der Waals surface area contributed by atoms with Crippen molar-refractivity contribution in [1.82, 2.24) is 4.90 Å². The molecule has 116 valence electrons. The summed E-state index contributed by atoms with van der Waals surface area (Å²) in [7, 11) is 0. The van der Waals surface area contributed by atoms with Crippen molar-refractivity contribution in [1.29, 1.82) is 0 Å². The number of piperidine rings is 1. The van der Waals surface area contributed by atoms with E-state index in [1.807, 2.05) is 0 Å². The zero-order chi connectivity index (χ0) is 15.4. The van der Waals surface area contributed by atoms with Gasteiger partial charge in [-0.25, -0.2) is 8.78 Å². The maximum atomic E-state index is 13.1. The fraction of sp³-hybridized carbons (Fsp3) is 0.533. The number of hydrogen-bond acceptors (Lipinski definition) is 3. The van der Waals surface area contributed by atoms with Crippen molar-refractivity contribution >= 4 is 11.6 Å². The monoisotopic (exact) mass is 297 g/mol. The number of benzene rings is 1. The van der Waals surface area contributed by atoms with E-state index in [0.29, 0.717) is 18.5 Å². The number of likely N-dealkylation sites (tertiary alicyclic amines) is 1. The molecule has 0 aliphatic carbocycles. The summed E-state index contributed by atoms with van der Waals surface area (Å²) < 4.78 is 25.9. The third-order valence-corrected chi connectivity index (χ3v) is 3.99. The molecule has 21 heavy (non-hydrogen) atoms. The van der Waals surface area contributed by atoms with Gasteiger partial charge in [0.15, 0.2) is 11.6 Å². The molecule has 2 rings (SSSR count). The predicted octanol–water partition coefficient (Wildman–Crippen LogP) is 1.96. The molecule has 0 radical (unpaired) electrons. The first kappa shape index (κ1) is 15.9. The minimum Gasteiger partial charge on any atom is -0.330 e. The highest BCUT2D eigenvalue weighted by Crippen LogP contribution is 2.21. The molecule has 0 spiro atoms. The van der Waals surface area contributed by atoms with Gasteiger partial charge < -0.3 is 11.1 Å². The molecular weight excluding hydrogens is 276 g/mol. The second-order valence-electron chi connectivity index (χ2n) is 5.63. The van der Waals surface area contributed by atoms with Crippen molar-refractivity contribution in [2.45, 2.75) is 25.8 Å². The van der Waals surface area contributed by atoms with Crippen molar-refractivity contribution in [3.63, 3.8) is 0 Å². The van der Waals surface area contributed by atoms with Gasteiger partial charge in [0.1, 0.15) is 0 Å². The van der Waals surface area contributed by atoms with E-state index in [2.05, 4.69) is 17.1 Å². The summed E-state index contributed by atoms with van der Waals surface area (Å²) in [4.78, 5) is 14.1. The predicted molar refractivity (Wildman–Crippen MR) is 77.8 cm³/mol. The van der Waals surface area contributed by atoms with Crippen molar-refractivity contribution < 1.29 is 13.6 Å². The fourth-order valence-corrected chi connectivity index (χ4v) is 2.63. The molecule has 1 amide bonds. The Kier molecular flexibility index (Phi) is 5.25. The molecule has 1 aliphatic heterocycles. The number of nitrogens with zero attached hydrogens (tertiary/aromatic N) is 1. The standard InChI is InChI=1S/C15H21F2N3O/c1-10-2-3-11(7-18)8-20(10)9-15(21)19-12-4-5-13(16)14(17)6-12/h4-6,10-11H,2-3,7-9,18H2,1H3,(H,19,21). The molecule has 0 bridgehead atoms. The largest absolute Gasteiger partial charge is 0.330 e. The Hall–Kier alpha value is -1.53. The van der Waals surface area contributed by atoms with Gasteiger partial charge in [-0.15, -0.1) is 0 Å². The first-order valence-corrected chi connectivity index (χ1v) is 7.18. The maximum absolute atomic E-state index is 13.1. The first-order chi connectivity index (χ1) is 9.99. The zero-order valence-corrected chi connectivity index (χ0v) is 12.1. The van der Waals surface area contributed by atoms with Gasteiger partial charge in [0.05, 0.1) is 6.54 Å². The van der Waals surface area contributed by atoms with E-state index in [1.165, 1.54) is 6.07 Å². The van der Waals surface area contributed by atoms with Crippen LogP contribution in [0.5, 0.6) is 0 Å². The second-order valence-corrected chi connectivity index (χ2v) is 5.63. The van der Waals surface area contributed by atoms with Crippen LogP contribution in [0.3, 0.4) is 0 Å². The maximum Gasteiger partial charge on any atom is 0.238 e. The lowest BCUT2D eigenvalue weighted by Crippen LogP contribution is -2.47. The molecule has 1 heterocycles. The van der Waals surface area contributed by atoms with Crippen molar-refractivity contribution in [2.75, 3.05) is 25.0 Å². The van der Waals surface area contributed by atoms with E-state index in [9.17, 15) is 13.6 Å². The van der Waals surface area contributed by atoms with Gasteiger partial charge in [0.2, 0.25) is 5.91 Å². The molecule has 0 saturated carbocycles. The highest BCUT2D eigenvalue weighted by atomic mass is 19.2. The van der Waals surface area contributed by atoms with E-state index >= 15 is 0 Å². The molecule has 1 aromatic rings. The summed E-state index contributed by atoms with van der Waals surface area (Å²) in [6.07, 6.45) is 2.10. The number of anilines is 1. The van der Waals surface area contributed by atoms with Crippen LogP contribution in [0.2, 0.25) is 0 Å². The summed E-state index contributed by atoms with van der Waals surface area (Å²) in [5.41, 5.74) is 5.95. The highest BCUT2D eigenvalue weighted by molar-refractivity contribution is 5.92. The van der Waals surface area contributed by atoms with Crippen molar-refractivity contribution in [2.24, 2.45) is 11.7 Å². The number of amides is 1. The van der Waals surface area contributed by atoms with Crippen LogP contribution in [-0.2, 0) is 4.79 Å². The van der Waals surface area contributed by atoms with E-state index in [0.717, 1.165) is 31.5 Å². The number of hydrogen-bond donors (Lipinski definition) is 2. The van der Waals surface area contributed by atoms with E-state index < -0.39 is 11.6 Å². The van der Waals surface area contributed by atoms with Crippen molar-refractivity contribution in [3.8, 4) is 0 Å². The van der Waals surface area contributed by atoms with Crippen LogP contribution in [0.15, 0.2) is 18.2 Å². The van der Waals surface area contributed by atoms with Crippen LogP contribution in [0.4, 0.5) is 14.5 Å². The summed E-state index contributed by atoms with van der Waals surface area (Å²) >= 11 is 0. The van der Waals surface area contributed by atoms with Crippen molar-refractivity contribution in [3.05, 3.63) is 29.8 Å². The highest BCUT2D eigenvalue weighted by Gasteiger charge is 2.26. The van der Waals surface area contributed by atoms with Crippen LogP contribution >= 0.6 is 0 Å². The number of halogens is 2. The van der Waals surface area contributed by atoms with Gasteiger partial charge in [-0.05, 0) is 44.4 Å². The summed E-state index contributed by atoms with van der Waals surface area (Å²) in [5.74, 6) is -1.71. The lowest BCUT2D eigenvalue weighted by molar-refractivity contribution is -0.118. The van der Waals surface area contributed by atoms with Crippen LogP contribution < -0.4 is 11.1 Å². The van der Waals surface area contributed by atoms with Gasteiger partial charge in [-0.1, -0.05) is 0 Å². The first-order valence-electron chi connectivity index (χ1n) is 7.18. The van der Waals surface area contributed by atoms with Crippen LogP contribution in [0, 0.1) is 17.6 Å². The fourth-order valence-electron chi connectivity index (χ4n) is 2.63. The van der Waals surface area contributed by atoms with Crippen LogP contribution in [-0.4, -0.2) is 36.5 Å². The summed E-state index contributed by atoms with van der Waals surface area (Å²) in [6.45, 7) is 3.73. The molecular formula is C15H21F2N3O. The van der Waals surface area contributed by atoms with E-state index in [1.54, 1.807) is 0 Å². The minimum atomic E-state index is -0.970. The lowest BCUT2D eigenvalue weighted by Gasteiger charge is -2.37. The van der Waals surface area contributed by atoms with Crippen LogP contribution in [0.1, 0.15) is 19.8 Å². The molecule has 2 atom stereocenters. The third-order valence-electron chi connectivity index (χ3n) is 3.99. The third kappa shape index (κ3) is 4.22. The molecule has 1 fully saturated rings. The lowest BCUT2D eigenvalue weighted by atomic mass is 9.93. The number of nitrogens with one attached hydrogen (secondary N) is 1. The molecule has 1 saturated heterocycles. The number of nitrogens with two attached hydrogens (primary N) is 1. The number of carbonyl (C=O) groups is 1. The SMILES string of the molecule is CC1CCC(CN)CN1CC(=O)Nc1ccc(F)c(F)c1. The summed E-state index contributed by atoms with van der Waals surface area (Å²) in [5, 5.41) is 2.59. The second kappa shape index (κ2) is 6.95. The number of rotatable bonds is 4. The van der Waals surface area contributed by atoms with Gasteiger partial charge >= 0.3 is 0 Å². The zero-order valence-electron chi connectivity index (χ0n) is 12.1. The Balaban J connectivity index is 1.92. The Morgan fingerprint density at radius 3 is 2.81 bits per heavy atom. The Morgan fingerprint density at radius 1 is 1.38 bits per heavy atom. The molecule has 2 unspecified atom stereocenters.